The first kappa shape index (κ1) is 23.1. The summed E-state index contributed by atoms with van der Waals surface area (Å²) in [5.41, 5.74) is 1.43. The number of methoxy groups -OCH3 is 1. The van der Waals surface area contributed by atoms with Gasteiger partial charge in [-0.2, -0.15) is 5.26 Å². The van der Waals surface area contributed by atoms with Crippen molar-refractivity contribution in [2.75, 3.05) is 12.4 Å². The quantitative estimate of drug-likeness (QED) is 0.326. The Morgan fingerprint density at radius 3 is 2.50 bits per heavy atom. The van der Waals surface area contributed by atoms with Crippen molar-refractivity contribution in [1.29, 1.82) is 5.26 Å². The van der Waals surface area contributed by atoms with Crippen LogP contribution in [0.15, 0.2) is 66.2 Å². The summed E-state index contributed by atoms with van der Waals surface area (Å²) < 4.78 is 24.2. The van der Waals surface area contributed by atoms with E-state index in [4.69, 9.17) is 32.7 Å². The van der Waals surface area contributed by atoms with Crippen molar-refractivity contribution in [3.05, 3.63) is 93.2 Å². The topological polar surface area (TPSA) is 71.3 Å². The molecule has 5 nitrogen and oxygen atoms in total. The molecule has 0 radical (unpaired) electrons. The lowest BCUT2D eigenvalue weighted by Crippen LogP contribution is -2.13. The zero-order valence-electron chi connectivity index (χ0n) is 16.9. The van der Waals surface area contributed by atoms with Gasteiger partial charge in [-0.25, -0.2) is 4.39 Å². The van der Waals surface area contributed by atoms with E-state index in [1.54, 1.807) is 18.2 Å². The molecule has 1 N–H and O–H groups in total. The van der Waals surface area contributed by atoms with Crippen LogP contribution in [0.25, 0.3) is 6.08 Å². The van der Waals surface area contributed by atoms with Crippen molar-refractivity contribution in [2.24, 2.45) is 0 Å². The van der Waals surface area contributed by atoms with Gasteiger partial charge in [0.05, 0.1) is 12.1 Å². The molecule has 3 aromatic rings. The Balaban J connectivity index is 1.82. The highest BCUT2D eigenvalue weighted by atomic mass is 35.5. The number of ether oxygens (including phenoxy) is 2. The number of halogens is 3. The molecule has 8 heteroatoms. The third-order valence-corrected chi connectivity index (χ3v) is 5.01. The zero-order valence-corrected chi connectivity index (χ0v) is 18.4. The van der Waals surface area contributed by atoms with Gasteiger partial charge in [0.1, 0.15) is 24.1 Å². The van der Waals surface area contributed by atoms with Crippen LogP contribution in [0, 0.1) is 17.1 Å². The lowest BCUT2D eigenvalue weighted by molar-refractivity contribution is -0.112. The Kier molecular flexibility index (Phi) is 7.72. The van der Waals surface area contributed by atoms with Crippen molar-refractivity contribution in [1.82, 2.24) is 0 Å². The average molecular weight is 471 g/mol. The van der Waals surface area contributed by atoms with Crippen molar-refractivity contribution in [3.63, 3.8) is 0 Å². The minimum atomic E-state index is -0.645. The number of anilines is 1. The summed E-state index contributed by atoms with van der Waals surface area (Å²) in [4.78, 5) is 12.4. The number of benzene rings is 3. The molecule has 0 atom stereocenters. The summed E-state index contributed by atoms with van der Waals surface area (Å²) >= 11 is 12.5. The molecule has 3 aromatic carbocycles. The van der Waals surface area contributed by atoms with E-state index in [0.717, 1.165) is 5.56 Å². The fourth-order valence-corrected chi connectivity index (χ4v) is 3.24. The predicted molar refractivity (Wildman–Crippen MR) is 122 cm³/mol. The SMILES string of the molecule is COc1cc(/C=C(\C#N)C(=O)Nc2ccc(F)cc2)cc(Cl)c1OCc1ccccc1Cl. The van der Waals surface area contributed by atoms with Crippen LogP contribution >= 0.6 is 23.2 Å². The molecule has 0 aliphatic heterocycles. The molecule has 162 valence electrons. The molecule has 0 heterocycles. The molecule has 0 fully saturated rings. The van der Waals surface area contributed by atoms with Gasteiger partial charge in [-0.15, -0.1) is 0 Å². The van der Waals surface area contributed by atoms with Crippen LogP contribution in [-0.2, 0) is 11.4 Å². The molecule has 0 unspecified atom stereocenters. The second-order valence-corrected chi connectivity index (χ2v) is 7.36. The van der Waals surface area contributed by atoms with E-state index in [-0.39, 0.29) is 17.2 Å². The van der Waals surface area contributed by atoms with Crippen LogP contribution in [0.5, 0.6) is 11.5 Å². The fourth-order valence-electron chi connectivity index (χ4n) is 2.78. The Hall–Kier alpha value is -3.53. The molecular weight excluding hydrogens is 454 g/mol. The molecular formula is C24H17Cl2FN2O3. The van der Waals surface area contributed by atoms with Crippen molar-refractivity contribution < 1.29 is 18.7 Å². The second kappa shape index (κ2) is 10.7. The summed E-state index contributed by atoms with van der Waals surface area (Å²) in [7, 11) is 1.45. The maximum atomic E-state index is 13.0. The summed E-state index contributed by atoms with van der Waals surface area (Å²) in [5, 5.41) is 12.8. The fraction of sp³-hybridized carbons (Fsp3) is 0.0833. The Labute approximate surface area is 194 Å². The van der Waals surface area contributed by atoms with Gasteiger partial charge in [0.15, 0.2) is 11.5 Å². The Bertz CT molecular complexity index is 1200. The summed E-state index contributed by atoms with van der Waals surface area (Å²) in [6.45, 7) is 0.175. The van der Waals surface area contributed by atoms with Gasteiger partial charge >= 0.3 is 0 Å². The van der Waals surface area contributed by atoms with Gasteiger partial charge in [0, 0.05) is 16.3 Å². The molecule has 0 aliphatic carbocycles. The number of nitrogens with zero attached hydrogens (tertiary/aromatic N) is 1. The predicted octanol–water partition coefficient (Wildman–Crippen LogP) is 6.27. The average Bonchev–Trinajstić information content (AvgIpc) is 2.78. The number of hydrogen-bond donors (Lipinski definition) is 1. The highest BCUT2D eigenvalue weighted by molar-refractivity contribution is 6.32. The first-order chi connectivity index (χ1) is 15.4. The van der Waals surface area contributed by atoms with Crippen LogP contribution < -0.4 is 14.8 Å². The van der Waals surface area contributed by atoms with Gasteiger partial charge in [-0.3, -0.25) is 4.79 Å². The highest BCUT2D eigenvalue weighted by Crippen LogP contribution is 2.38. The summed E-state index contributed by atoms with van der Waals surface area (Å²) in [6, 6.07) is 17.5. The molecule has 0 spiro atoms. The zero-order chi connectivity index (χ0) is 23.1. The number of nitriles is 1. The Morgan fingerprint density at radius 1 is 1.12 bits per heavy atom. The molecule has 0 aromatic heterocycles. The number of rotatable bonds is 7. The number of amides is 1. The lowest BCUT2D eigenvalue weighted by atomic mass is 10.1. The van der Waals surface area contributed by atoms with E-state index in [2.05, 4.69) is 5.32 Å². The minimum Gasteiger partial charge on any atom is -0.493 e. The summed E-state index contributed by atoms with van der Waals surface area (Å²) in [5.74, 6) is -0.446. The van der Waals surface area contributed by atoms with E-state index in [1.807, 2.05) is 24.3 Å². The number of hydrogen-bond acceptors (Lipinski definition) is 4. The lowest BCUT2D eigenvalue weighted by Gasteiger charge is -2.14. The standard InChI is InChI=1S/C24H17Cl2FN2O3/c1-31-22-12-15(10-17(13-28)24(30)29-19-8-6-18(27)7-9-19)11-21(26)23(22)32-14-16-4-2-3-5-20(16)25/h2-12H,14H2,1H3,(H,29,30)/b17-10+. The first-order valence-corrected chi connectivity index (χ1v) is 10.1. The highest BCUT2D eigenvalue weighted by Gasteiger charge is 2.15. The van der Waals surface area contributed by atoms with Crippen LogP contribution in [0.4, 0.5) is 10.1 Å². The van der Waals surface area contributed by atoms with E-state index in [1.165, 1.54) is 37.5 Å². The number of nitrogens with one attached hydrogen (secondary N) is 1. The molecule has 0 aliphatic rings. The van der Waals surface area contributed by atoms with Gasteiger partial charge in [0.25, 0.3) is 5.91 Å². The molecule has 3 rings (SSSR count). The van der Waals surface area contributed by atoms with E-state index in [0.29, 0.717) is 27.8 Å². The van der Waals surface area contributed by atoms with Crippen molar-refractivity contribution in [2.45, 2.75) is 6.61 Å². The number of carbonyl (C=O) groups is 1. The molecule has 0 saturated carbocycles. The van der Waals surface area contributed by atoms with Crippen molar-refractivity contribution >= 4 is 40.9 Å². The number of carbonyl (C=O) groups excluding carboxylic acids is 1. The maximum absolute atomic E-state index is 13.0. The van der Waals surface area contributed by atoms with Gasteiger partial charge in [-0.1, -0.05) is 41.4 Å². The molecule has 1 amide bonds. The molecule has 32 heavy (non-hydrogen) atoms. The minimum absolute atomic E-state index is 0.169. The van der Waals surface area contributed by atoms with Crippen molar-refractivity contribution in [3.8, 4) is 17.6 Å². The van der Waals surface area contributed by atoms with Crippen LogP contribution in [-0.4, -0.2) is 13.0 Å². The smallest absolute Gasteiger partial charge is 0.266 e. The molecule has 0 bridgehead atoms. The van der Waals surface area contributed by atoms with Gasteiger partial charge in [-0.05, 0) is 54.1 Å². The van der Waals surface area contributed by atoms with Gasteiger partial charge < -0.3 is 14.8 Å². The summed E-state index contributed by atoms with van der Waals surface area (Å²) in [6.07, 6.45) is 1.37. The van der Waals surface area contributed by atoms with Crippen LogP contribution in [0.3, 0.4) is 0 Å². The van der Waals surface area contributed by atoms with E-state index in [9.17, 15) is 14.4 Å². The second-order valence-electron chi connectivity index (χ2n) is 6.55. The van der Waals surface area contributed by atoms with E-state index < -0.39 is 11.7 Å². The van der Waals surface area contributed by atoms with Crippen LogP contribution in [0.1, 0.15) is 11.1 Å². The third-order valence-electron chi connectivity index (χ3n) is 4.36. The van der Waals surface area contributed by atoms with Crippen LogP contribution in [0.2, 0.25) is 10.0 Å². The normalized spacial score (nSPS) is 10.9. The molecule has 0 saturated heterocycles. The van der Waals surface area contributed by atoms with Gasteiger partial charge in [0.2, 0.25) is 0 Å². The largest absolute Gasteiger partial charge is 0.493 e. The maximum Gasteiger partial charge on any atom is 0.266 e. The van der Waals surface area contributed by atoms with E-state index >= 15 is 0 Å². The Morgan fingerprint density at radius 2 is 1.84 bits per heavy atom. The monoisotopic (exact) mass is 470 g/mol. The third kappa shape index (κ3) is 5.79. The first-order valence-electron chi connectivity index (χ1n) is 9.33.